The van der Waals surface area contributed by atoms with Gasteiger partial charge >= 0.3 is 5.97 Å². The number of hydrogen-bond acceptors (Lipinski definition) is 5. The molecule has 2 aromatic rings. The van der Waals surface area contributed by atoms with Gasteiger partial charge in [0.15, 0.2) is 3.95 Å². The van der Waals surface area contributed by atoms with Gasteiger partial charge in [0.1, 0.15) is 0 Å². The molecule has 0 saturated heterocycles. The molecule has 23 heavy (non-hydrogen) atoms. The summed E-state index contributed by atoms with van der Waals surface area (Å²) in [7, 11) is 0. The summed E-state index contributed by atoms with van der Waals surface area (Å²) in [5.41, 5.74) is 0.760. The topological polar surface area (TPSA) is 74.8 Å². The lowest BCUT2D eigenvalue weighted by atomic mass is 10.3. The molecule has 1 aliphatic heterocycles. The number of nitrogens with zero attached hydrogens (tertiary/aromatic N) is 2. The number of thiazole rings is 1. The summed E-state index contributed by atoms with van der Waals surface area (Å²) in [6.45, 7) is 0.387. The number of fused-ring (bicyclic) bond motifs is 1. The van der Waals surface area contributed by atoms with Crippen LogP contribution >= 0.6 is 23.6 Å². The molecule has 0 aliphatic carbocycles. The Bertz CT molecular complexity index is 933. The minimum Gasteiger partial charge on any atom is -0.493 e. The highest BCUT2D eigenvalue weighted by atomic mass is 32.1. The van der Waals surface area contributed by atoms with Crippen LogP contribution in [0.25, 0.3) is 12.2 Å². The van der Waals surface area contributed by atoms with Gasteiger partial charge in [-0.3, -0.25) is 9.36 Å². The number of aromatic nitrogens is 1. The summed E-state index contributed by atoms with van der Waals surface area (Å²) >= 11 is 6.54. The molecule has 0 amide bonds. The predicted molar refractivity (Wildman–Crippen MR) is 91.3 cm³/mol. The van der Waals surface area contributed by atoms with E-state index in [-0.39, 0.29) is 12.3 Å². The van der Waals surface area contributed by atoms with Crippen LogP contribution in [-0.2, 0) is 11.3 Å². The molecule has 0 saturated carbocycles. The summed E-state index contributed by atoms with van der Waals surface area (Å²) in [6.07, 6.45) is 4.22. The second-order valence-electron chi connectivity index (χ2n) is 5.09. The van der Waals surface area contributed by atoms with Gasteiger partial charge in [-0.1, -0.05) is 18.2 Å². The van der Waals surface area contributed by atoms with Crippen molar-refractivity contribution >= 4 is 41.7 Å². The third kappa shape index (κ3) is 3.40. The molecule has 0 bridgehead atoms. The molecule has 0 spiro atoms. The Balaban J connectivity index is 1.88. The van der Waals surface area contributed by atoms with Gasteiger partial charge in [-0.25, -0.2) is 4.99 Å². The highest BCUT2D eigenvalue weighted by molar-refractivity contribution is 7.73. The smallest absolute Gasteiger partial charge is 0.303 e. The third-order valence-corrected chi connectivity index (χ3v) is 4.82. The van der Waals surface area contributed by atoms with E-state index in [0.717, 1.165) is 16.3 Å². The van der Waals surface area contributed by atoms with Gasteiger partial charge in [0.25, 0.3) is 0 Å². The number of hydrogen-bond donors (Lipinski definition) is 2. The van der Waals surface area contributed by atoms with Gasteiger partial charge < -0.3 is 10.2 Å². The number of carboxylic acid groups (broad SMARTS) is 1. The maximum atomic E-state index is 10.6. The maximum Gasteiger partial charge on any atom is 0.303 e. The second-order valence-corrected chi connectivity index (χ2v) is 6.76. The molecule has 0 fully saturated rings. The lowest BCUT2D eigenvalue weighted by Gasteiger charge is -2.02. The summed E-state index contributed by atoms with van der Waals surface area (Å²) in [4.78, 5) is 15.7. The van der Waals surface area contributed by atoms with Crippen molar-refractivity contribution in [2.45, 2.75) is 19.4 Å². The molecule has 2 N–H and O–H groups in total. The first-order chi connectivity index (χ1) is 11.0. The van der Waals surface area contributed by atoms with Gasteiger partial charge in [-0.05, 0) is 36.9 Å². The molecule has 118 valence electrons. The normalized spacial score (nSPS) is 14.3. The Labute approximate surface area is 141 Å². The van der Waals surface area contributed by atoms with Crippen molar-refractivity contribution in [3.05, 3.63) is 49.4 Å². The molecule has 7 heteroatoms. The summed E-state index contributed by atoms with van der Waals surface area (Å²) in [6, 6.07) is 7.80. The van der Waals surface area contributed by atoms with E-state index in [0.29, 0.717) is 21.8 Å². The average Bonchev–Trinajstić information content (AvgIpc) is 3.02. The molecule has 1 aliphatic rings. The van der Waals surface area contributed by atoms with E-state index in [1.165, 1.54) is 11.3 Å². The third-order valence-electron chi connectivity index (χ3n) is 3.43. The van der Waals surface area contributed by atoms with Gasteiger partial charge in [-0.2, -0.15) is 0 Å². The molecule has 1 aromatic heterocycles. The standard InChI is InChI=1S/C16H14N2O3S2/c19-14(20)6-3-7-18-15(21)13(23-16(18)22)9-11-8-10-4-1-2-5-12(10)17-11/h1-2,4-5,8-9,21H,3,6-7H2,(H,19,20). The minimum absolute atomic E-state index is 0.0475. The van der Waals surface area contributed by atoms with Crippen molar-refractivity contribution in [2.24, 2.45) is 4.99 Å². The van der Waals surface area contributed by atoms with E-state index in [1.54, 1.807) is 10.6 Å². The molecule has 1 aromatic carbocycles. The summed E-state index contributed by atoms with van der Waals surface area (Å²) in [5.74, 6) is -0.789. The van der Waals surface area contributed by atoms with Crippen LogP contribution in [0.3, 0.4) is 0 Å². The predicted octanol–water partition coefficient (Wildman–Crippen LogP) is 2.30. The van der Waals surface area contributed by atoms with E-state index in [1.807, 2.05) is 30.3 Å². The molecule has 0 atom stereocenters. The Morgan fingerprint density at radius 1 is 1.39 bits per heavy atom. The monoisotopic (exact) mass is 346 g/mol. The zero-order chi connectivity index (χ0) is 16.4. The van der Waals surface area contributed by atoms with Gasteiger partial charge in [0.2, 0.25) is 5.88 Å². The molecule has 2 heterocycles. The van der Waals surface area contributed by atoms with Crippen LogP contribution in [0.4, 0.5) is 0 Å². The molecular formula is C16H14N2O3S2. The molecular weight excluding hydrogens is 332 g/mol. The molecule has 0 radical (unpaired) electrons. The average molecular weight is 346 g/mol. The van der Waals surface area contributed by atoms with Crippen LogP contribution in [-0.4, -0.2) is 20.7 Å². The largest absolute Gasteiger partial charge is 0.493 e. The first-order valence-corrected chi connectivity index (χ1v) is 8.28. The van der Waals surface area contributed by atoms with Crippen molar-refractivity contribution in [1.29, 1.82) is 0 Å². The van der Waals surface area contributed by atoms with Crippen molar-refractivity contribution in [3.8, 4) is 5.88 Å². The number of aromatic hydroxyl groups is 1. The van der Waals surface area contributed by atoms with Crippen LogP contribution in [0, 0.1) is 3.95 Å². The summed E-state index contributed by atoms with van der Waals surface area (Å²) < 4.78 is 2.09. The number of aliphatic carboxylic acids is 1. The van der Waals surface area contributed by atoms with E-state index in [2.05, 4.69) is 4.99 Å². The Morgan fingerprint density at radius 2 is 2.17 bits per heavy atom. The number of allylic oxidation sites excluding steroid dienone is 1. The fourth-order valence-corrected chi connectivity index (χ4v) is 3.65. The summed E-state index contributed by atoms with van der Waals surface area (Å²) in [5, 5.41) is 21.0. The fraction of sp³-hybridized carbons (Fsp3) is 0.188. The number of carbonyl (C=O) groups is 1. The van der Waals surface area contributed by atoms with Crippen LogP contribution < -0.4 is 10.6 Å². The van der Waals surface area contributed by atoms with E-state index < -0.39 is 5.97 Å². The van der Waals surface area contributed by atoms with Crippen LogP contribution in [0.1, 0.15) is 17.7 Å². The van der Waals surface area contributed by atoms with E-state index >= 15 is 0 Å². The van der Waals surface area contributed by atoms with Gasteiger partial charge in [-0.15, -0.1) is 11.3 Å². The molecule has 0 unspecified atom stereocenters. The Morgan fingerprint density at radius 3 is 2.91 bits per heavy atom. The van der Waals surface area contributed by atoms with E-state index in [4.69, 9.17) is 17.3 Å². The number of para-hydroxylation sites is 1. The highest BCUT2D eigenvalue weighted by Crippen LogP contribution is 2.29. The Hall–Kier alpha value is -2.25. The quantitative estimate of drug-likeness (QED) is 0.815. The Kier molecular flexibility index (Phi) is 4.40. The molecule has 3 rings (SSSR count). The number of carboxylic acids is 1. The molecule has 5 nitrogen and oxygen atoms in total. The first-order valence-electron chi connectivity index (χ1n) is 7.06. The van der Waals surface area contributed by atoms with Crippen LogP contribution in [0.15, 0.2) is 35.0 Å². The van der Waals surface area contributed by atoms with Gasteiger partial charge in [0.05, 0.1) is 15.9 Å². The highest BCUT2D eigenvalue weighted by Gasteiger charge is 2.12. The van der Waals surface area contributed by atoms with Crippen molar-refractivity contribution in [2.75, 3.05) is 0 Å². The van der Waals surface area contributed by atoms with Crippen LogP contribution in [0.2, 0.25) is 0 Å². The van der Waals surface area contributed by atoms with E-state index in [9.17, 15) is 9.90 Å². The van der Waals surface area contributed by atoms with Crippen molar-refractivity contribution in [3.63, 3.8) is 0 Å². The minimum atomic E-state index is -0.856. The zero-order valence-corrected chi connectivity index (χ0v) is 13.7. The van der Waals surface area contributed by atoms with Crippen molar-refractivity contribution in [1.82, 2.24) is 4.57 Å². The van der Waals surface area contributed by atoms with Crippen LogP contribution in [0.5, 0.6) is 5.88 Å². The lowest BCUT2D eigenvalue weighted by molar-refractivity contribution is -0.137. The number of benzene rings is 1. The van der Waals surface area contributed by atoms with Gasteiger partial charge in [0, 0.05) is 18.2 Å². The van der Waals surface area contributed by atoms with Crippen molar-refractivity contribution < 1.29 is 15.0 Å². The number of rotatable bonds is 5. The second kappa shape index (κ2) is 6.47. The SMILES string of the molecule is O=C(O)CCCn1c(O)c(C=C2C=c3ccccc3=N2)sc1=S. The maximum absolute atomic E-state index is 10.6. The fourth-order valence-electron chi connectivity index (χ4n) is 2.34. The lowest BCUT2D eigenvalue weighted by Crippen LogP contribution is -2.19. The first kappa shape index (κ1) is 15.6. The zero-order valence-electron chi connectivity index (χ0n) is 12.1.